The van der Waals surface area contributed by atoms with Crippen molar-refractivity contribution in [3.63, 3.8) is 0 Å². The van der Waals surface area contributed by atoms with Gasteiger partial charge in [-0.2, -0.15) is 0 Å². The number of hydrogen-bond donors (Lipinski definition) is 3. The fourth-order valence-electron chi connectivity index (χ4n) is 3.89. The molecule has 3 N–H and O–H groups in total. The Morgan fingerprint density at radius 3 is 2.24 bits per heavy atom. The molecule has 0 heterocycles. The first-order valence-corrected chi connectivity index (χ1v) is 15.3. The minimum Gasteiger partial charge on any atom is -0.325 e. The Morgan fingerprint density at radius 2 is 1.55 bits per heavy atom. The van der Waals surface area contributed by atoms with Gasteiger partial charge in [0.15, 0.2) is 0 Å². The molecule has 0 spiro atoms. The van der Waals surface area contributed by atoms with E-state index in [9.17, 15) is 14.4 Å². The average Bonchev–Trinajstić information content (AvgIpc) is 2.95. The molecule has 214 valence electrons. The van der Waals surface area contributed by atoms with Crippen molar-refractivity contribution in [1.82, 2.24) is 5.32 Å². The second-order valence-corrected chi connectivity index (χ2v) is 12.1. The first-order valence-electron chi connectivity index (χ1n) is 12.9. The maximum absolute atomic E-state index is 13.4. The minimum atomic E-state index is -0.496. The van der Waals surface area contributed by atoms with Crippen LogP contribution >= 0.6 is 50.9 Å². The molecule has 1 atom stereocenters. The monoisotopic (exact) mass is 681 g/mol. The quantitative estimate of drug-likeness (QED) is 0.115. The number of anilines is 2. The van der Waals surface area contributed by atoms with Crippen molar-refractivity contribution in [2.75, 3.05) is 10.6 Å². The van der Waals surface area contributed by atoms with Gasteiger partial charge in [-0.15, -0.1) is 11.8 Å². The molecule has 10 heteroatoms. The largest absolute Gasteiger partial charge is 0.325 e. The summed E-state index contributed by atoms with van der Waals surface area (Å²) >= 11 is 16.9. The van der Waals surface area contributed by atoms with E-state index >= 15 is 0 Å². The minimum absolute atomic E-state index is 0.0750. The van der Waals surface area contributed by atoms with Crippen LogP contribution in [0.1, 0.15) is 29.3 Å². The molecule has 0 saturated heterocycles. The number of thioether (sulfide) groups is 1. The summed E-state index contributed by atoms with van der Waals surface area (Å²) in [5.74, 6) is -1.10. The molecule has 0 saturated carbocycles. The van der Waals surface area contributed by atoms with E-state index < -0.39 is 17.1 Å². The van der Waals surface area contributed by atoms with E-state index in [-0.39, 0.29) is 11.6 Å². The number of carbonyl (C=O) groups excluding carboxylic acids is 3. The Morgan fingerprint density at radius 1 is 0.833 bits per heavy atom. The molecule has 0 aromatic heterocycles. The van der Waals surface area contributed by atoms with Crippen LogP contribution < -0.4 is 16.0 Å². The van der Waals surface area contributed by atoms with Crippen LogP contribution in [-0.2, 0) is 9.59 Å². The van der Waals surface area contributed by atoms with Gasteiger partial charge in [0, 0.05) is 36.4 Å². The molecule has 0 aliphatic heterocycles. The van der Waals surface area contributed by atoms with Gasteiger partial charge in [-0.3, -0.25) is 14.4 Å². The van der Waals surface area contributed by atoms with E-state index in [1.54, 1.807) is 66.7 Å². The van der Waals surface area contributed by atoms with E-state index in [0.29, 0.717) is 33.4 Å². The average molecular weight is 683 g/mol. The fraction of sp³-hybridized carbons (Fsp3) is 0.0938. The number of benzene rings is 4. The molecule has 0 aliphatic carbocycles. The van der Waals surface area contributed by atoms with Crippen LogP contribution in [0, 0.1) is 0 Å². The molecular formula is C32H26BrCl2N3O3S. The zero-order valence-electron chi connectivity index (χ0n) is 22.4. The number of carbonyl (C=O) groups is 3. The van der Waals surface area contributed by atoms with Crippen molar-refractivity contribution < 1.29 is 14.4 Å². The Kier molecular flexibility index (Phi) is 11.3. The van der Waals surface area contributed by atoms with Crippen molar-refractivity contribution in [3.8, 4) is 0 Å². The summed E-state index contributed by atoms with van der Waals surface area (Å²) in [5.41, 5.74) is 2.25. The third kappa shape index (κ3) is 9.22. The third-order valence-electron chi connectivity index (χ3n) is 5.85. The van der Waals surface area contributed by atoms with E-state index in [0.717, 1.165) is 14.9 Å². The standard InChI is InChI=1S/C32H26BrCl2N3O3S/c1-2-29(32(41)37-26-17-23(34)16-24(35)18-26)42-27-13-7-12-25(19-27)36-31(40)28(15-20-8-6-11-22(33)14-20)38-30(39)21-9-4-3-5-10-21/h3-19,29H,2H2,1H3,(H,36,40)(H,37,41)(H,38,39)/b28-15+. The van der Waals surface area contributed by atoms with Gasteiger partial charge in [0.05, 0.1) is 5.25 Å². The molecule has 4 aromatic carbocycles. The molecule has 0 fully saturated rings. The van der Waals surface area contributed by atoms with Gasteiger partial charge >= 0.3 is 0 Å². The zero-order chi connectivity index (χ0) is 30.1. The third-order valence-corrected chi connectivity index (χ3v) is 8.14. The van der Waals surface area contributed by atoms with E-state index in [2.05, 4.69) is 31.9 Å². The Bertz CT molecular complexity index is 1610. The number of rotatable bonds is 10. The number of hydrogen-bond acceptors (Lipinski definition) is 4. The predicted octanol–water partition coefficient (Wildman–Crippen LogP) is 8.67. The summed E-state index contributed by atoms with van der Waals surface area (Å²) < 4.78 is 0.836. The molecule has 42 heavy (non-hydrogen) atoms. The molecule has 0 bridgehead atoms. The lowest BCUT2D eigenvalue weighted by atomic mass is 10.1. The predicted molar refractivity (Wildman–Crippen MR) is 176 cm³/mol. The van der Waals surface area contributed by atoms with Gasteiger partial charge in [0.2, 0.25) is 5.91 Å². The number of amides is 3. The lowest BCUT2D eigenvalue weighted by Gasteiger charge is -2.16. The van der Waals surface area contributed by atoms with Crippen LogP contribution in [0.15, 0.2) is 112 Å². The van der Waals surface area contributed by atoms with Crippen LogP contribution in [0.3, 0.4) is 0 Å². The van der Waals surface area contributed by atoms with Gasteiger partial charge in [-0.25, -0.2) is 0 Å². The first kappa shape index (κ1) is 31.4. The van der Waals surface area contributed by atoms with Gasteiger partial charge in [0.1, 0.15) is 5.70 Å². The fourth-order valence-corrected chi connectivity index (χ4v) is 5.84. The van der Waals surface area contributed by atoms with Crippen molar-refractivity contribution >= 4 is 86.1 Å². The smallest absolute Gasteiger partial charge is 0.272 e. The van der Waals surface area contributed by atoms with Gasteiger partial charge < -0.3 is 16.0 Å². The second-order valence-electron chi connectivity index (χ2n) is 9.08. The maximum Gasteiger partial charge on any atom is 0.272 e. The lowest BCUT2D eigenvalue weighted by Crippen LogP contribution is -2.30. The molecule has 1 unspecified atom stereocenters. The second kappa shape index (κ2) is 15.1. The normalized spacial score (nSPS) is 11.9. The van der Waals surface area contributed by atoms with Crippen molar-refractivity contribution in [3.05, 3.63) is 128 Å². The van der Waals surface area contributed by atoms with Crippen LogP contribution in [0.5, 0.6) is 0 Å². The summed E-state index contributed by atoms with van der Waals surface area (Å²) in [6, 6.07) is 28.1. The molecule has 4 rings (SSSR count). The van der Waals surface area contributed by atoms with Gasteiger partial charge in [-0.05, 0) is 78.7 Å². The highest BCUT2D eigenvalue weighted by atomic mass is 79.9. The van der Waals surface area contributed by atoms with E-state index in [1.165, 1.54) is 11.8 Å². The van der Waals surface area contributed by atoms with Gasteiger partial charge in [-0.1, -0.05) is 82.5 Å². The van der Waals surface area contributed by atoms with Crippen LogP contribution in [0.4, 0.5) is 11.4 Å². The van der Waals surface area contributed by atoms with E-state index in [1.807, 2.05) is 43.3 Å². The summed E-state index contributed by atoms with van der Waals surface area (Å²) in [6.45, 7) is 1.92. The topological polar surface area (TPSA) is 87.3 Å². The molecule has 3 amide bonds. The highest BCUT2D eigenvalue weighted by Gasteiger charge is 2.20. The highest BCUT2D eigenvalue weighted by Crippen LogP contribution is 2.30. The van der Waals surface area contributed by atoms with E-state index in [4.69, 9.17) is 23.2 Å². The summed E-state index contributed by atoms with van der Waals surface area (Å²) in [6.07, 6.45) is 2.17. The molecular weight excluding hydrogens is 657 g/mol. The molecule has 0 aliphatic rings. The number of halogens is 3. The SMILES string of the molecule is CCC(Sc1cccc(NC(=O)/C(=C\c2cccc(Br)c2)NC(=O)c2ccccc2)c1)C(=O)Nc1cc(Cl)cc(Cl)c1. The number of nitrogens with one attached hydrogen (secondary N) is 3. The summed E-state index contributed by atoms with van der Waals surface area (Å²) in [4.78, 5) is 40.1. The Hall–Kier alpha value is -3.56. The molecule has 4 aromatic rings. The van der Waals surface area contributed by atoms with Crippen LogP contribution in [0.2, 0.25) is 10.0 Å². The summed E-state index contributed by atoms with van der Waals surface area (Å²) in [5, 5.41) is 8.92. The van der Waals surface area contributed by atoms with Crippen molar-refractivity contribution in [1.29, 1.82) is 0 Å². The zero-order valence-corrected chi connectivity index (χ0v) is 26.3. The first-order chi connectivity index (χ1) is 20.2. The van der Waals surface area contributed by atoms with Crippen molar-refractivity contribution in [2.24, 2.45) is 0 Å². The molecule has 6 nitrogen and oxygen atoms in total. The Balaban J connectivity index is 1.50. The van der Waals surface area contributed by atoms with Gasteiger partial charge in [0.25, 0.3) is 11.8 Å². The lowest BCUT2D eigenvalue weighted by molar-refractivity contribution is -0.116. The van der Waals surface area contributed by atoms with Crippen molar-refractivity contribution in [2.45, 2.75) is 23.5 Å². The Labute approximate surface area is 267 Å². The highest BCUT2D eigenvalue weighted by molar-refractivity contribution is 9.10. The summed E-state index contributed by atoms with van der Waals surface area (Å²) in [7, 11) is 0. The molecule has 0 radical (unpaired) electrons. The maximum atomic E-state index is 13.4. The van der Waals surface area contributed by atoms with Crippen LogP contribution in [0.25, 0.3) is 6.08 Å². The van der Waals surface area contributed by atoms with Crippen LogP contribution in [-0.4, -0.2) is 23.0 Å².